The van der Waals surface area contributed by atoms with Gasteiger partial charge in [-0.05, 0) is 43.2 Å². The van der Waals surface area contributed by atoms with Gasteiger partial charge in [0.25, 0.3) is 0 Å². The second-order valence-corrected chi connectivity index (χ2v) is 6.31. The van der Waals surface area contributed by atoms with Gasteiger partial charge >= 0.3 is 5.97 Å². The largest absolute Gasteiger partial charge is 0.481 e. The number of amides is 1. The average molecular weight is 289 g/mol. The van der Waals surface area contributed by atoms with E-state index in [0.29, 0.717) is 13.0 Å². The lowest BCUT2D eigenvalue weighted by Gasteiger charge is -2.40. The topological polar surface area (TPSA) is 66.4 Å². The van der Waals surface area contributed by atoms with Crippen LogP contribution >= 0.6 is 0 Å². The van der Waals surface area contributed by atoms with Crippen molar-refractivity contribution in [3.05, 3.63) is 34.9 Å². The Labute approximate surface area is 125 Å². The summed E-state index contributed by atoms with van der Waals surface area (Å²) in [4.78, 5) is 23.0. The van der Waals surface area contributed by atoms with Crippen molar-refractivity contribution in [3.8, 4) is 0 Å². The third-order valence-corrected chi connectivity index (χ3v) is 4.46. The fraction of sp³-hybridized carbons (Fsp3) is 0.529. The highest BCUT2D eigenvalue weighted by Gasteiger charge is 2.39. The lowest BCUT2D eigenvalue weighted by atomic mass is 9.66. The Morgan fingerprint density at radius 2 is 2.00 bits per heavy atom. The van der Waals surface area contributed by atoms with Gasteiger partial charge in [0, 0.05) is 6.54 Å². The Bertz CT molecular complexity index is 547. The van der Waals surface area contributed by atoms with E-state index < -0.39 is 5.97 Å². The predicted octanol–water partition coefficient (Wildman–Crippen LogP) is 2.61. The van der Waals surface area contributed by atoms with Crippen molar-refractivity contribution in [3.63, 3.8) is 0 Å². The molecule has 1 fully saturated rings. The van der Waals surface area contributed by atoms with E-state index in [4.69, 9.17) is 5.11 Å². The van der Waals surface area contributed by atoms with Crippen LogP contribution in [0.2, 0.25) is 0 Å². The summed E-state index contributed by atoms with van der Waals surface area (Å²) in [7, 11) is 0. The minimum atomic E-state index is -0.779. The van der Waals surface area contributed by atoms with Gasteiger partial charge in [-0.1, -0.05) is 30.2 Å². The molecule has 0 radical (unpaired) electrons. The molecule has 0 spiro atoms. The van der Waals surface area contributed by atoms with Crippen LogP contribution in [0.15, 0.2) is 18.2 Å². The molecule has 0 bridgehead atoms. The predicted molar refractivity (Wildman–Crippen MR) is 81.2 cm³/mol. The second-order valence-electron chi connectivity index (χ2n) is 6.31. The number of benzene rings is 1. The van der Waals surface area contributed by atoms with Crippen LogP contribution < -0.4 is 5.32 Å². The van der Waals surface area contributed by atoms with Crippen molar-refractivity contribution < 1.29 is 14.7 Å². The summed E-state index contributed by atoms with van der Waals surface area (Å²) in [6.45, 7) is 4.49. The SMILES string of the molecule is Cc1ccc(C)c(CC(=O)NCC2(CC(=O)O)CCC2)c1. The summed E-state index contributed by atoms with van der Waals surface area (Å²) in [6.07, 6.45) is 3.35. The van der Waals surface area contributed by atoms with Crippen LogP contribution in [0.3, 0.4) is 0 Å². The standard InChI is InChI=1S/C17H23NO3/c1-12-4-5-13(2)14(8-12)9-15(19)18-11-17(6-3-7-17)10-16(20)21/h4-5,8H,3,6-7,9-11H2,1-2H3,(H,18,19)(H,20,21). The lowest BCUT2D eigenvalue weighted by molar-refractivity contribution is -0.141. The number of hydrogen-bond donors (Lipinski definition) is 2. The highest BCUT2D eigenvalue weighted by molar-refractivity contribution is 5.79. The zero-order valence-corrected chi connectivity index (χ0v) is 12.7. The molecule has 1 aliphatic carbocycles. The molecular weight excluding hydrogens is 266 g/mol. The van der Waals surface area contributed by atoms with Gasteiger partial charge in [0.15, 0.2) is 0 Å². The van der Waals surface area contributed by atoms with Gasteiger partial charge in [-0.15, -0.1) is 0 Å². The third-order valence-electron chi connectivity index (χ3n) is 4.46. The molecule has 1 saturated carbocycles. The lowest BCUT2D eigenvalue weighted by Crippen LogP contribution is -2.43. The summed E-state index contributed by atoms with van der Waals surface area (Å²) in [6, 6.07) is 6.09. The molecule has 0 atom stereocenters. The molecule has 0 heterocycles. The Balaban J connectivity index is 1.90. The van der Waals surface area contributed by atoms with Crippen LogP contribution in [-0.2, 0) is 16.0 Å². The van der Waals surface area contributed by atoms with E-state index in [2.05, 4.69) is 5.32 Å². The van der Waals surface area contributed by atoms with Gasteiger partial charge in [-0.3, -0.25) is 9.59 Å². The van der Waals surface area contributed by atoms with Crippen LogP contribution in [-0.4, -0.2) is 23.5 Å². The molecule has 114 valence electrons. The van der Waals surface area contributed by atoms with Crippen molar-refractivity contribution in [1.29, 1.82) is 0 Å². The van der Waals surface area contributed by atoms with Crippen LogP contribution in [0.25, 0.3) is 0 Å². The van der Waals surface area contributed by atoms with Crippen LogP contribution in [0, 0.1) is 19.3 Å². The van der Waals surface area contributed by atoms with E-state index >= 15 is 0 Å². The van der Waals surface area contributed by atoms with Gasteiger partial charge in [0.2, 0.25) is 5.91 Å². The minimum Gasteiger partial charge on any atom is -0.481 e. The van der Waals surface area contributed by atoms with E-state index in [0.717, 1.165) is 36.0 Å². The average Bonchev–Trinajstić information content (AvgIpc) is 2.36. The van der Waals surface area contributed by atoms with Crippen molar-refractivity contribution >= 4 is 11.9 Å². The number of nitrogens with one attached hydrogen (secondary N) is 1. The first kappa shape index (κ1) is 15.5. The Kier molecular flexibility index (Phi) is 4.66. The first-order chi connectivity index (χ1) is 9.90. The summed E-state index contributed by atoms with van der Waals surface area (Å²) in [5, 5.41) is 11.9. The molecule has 1 amide bonds. The van der Waals surface area contributed by atoms with Gasteiger partial charge in [-0.2, -0.15) is 0 Å². The molecule has 0 saturated heterocycles. The number of carbonyl (C=O) groups is 2. The van der Waals surface area contributed by atoms with E-state index in [9.17, 15) is 9.59 Å². The molecule has 1 aliphatic rings. The molecule has 4 nitrogen and oxygen atoms in total. The van der Waals surface area contributed by atoms with E-state index in [1.54, 1.807) is 0 Å². The number of carboxylic acid groups (broad SMARTS) is 1. The van der Waals surface area contributed by atoms with Gasteiger partial charge < -0.3 is 10.4 Å². The summed E-state index contributed by atoms with van der Waals surface area (Å²) in [5.74, 6) is -0.807. The smallest absolute Gasteiger partial charge is 0.303 e. The van der Waals surface area contributed by atoms with E-state index in [-0.39, 0.29) is 17.7 Å². The highest BCUT2D eigenvalue weighted by atomic mass is 16.4. The molecule has 0 aromatic heterocycles. The number of aryl methyl sites for hydroxylation is 2. The van der Waals surface area contributed by atoms with E-state index in [1.165, 1.54) is 0 Å². The third kappa shape index (κ3) is 4.06. The van der Waals surface area contributed by atoms with E-state index in [1.807, 2.05) is 32.0 Å². The number of aliphatic carboxylic acids is 1. The number of carbonyl (C=O) groups excluding carboxylic acids is 1. The molecule has 1 aromatic carbocycles. The van der Waals surface area contributed by atoms with Crippen LogP contribution in [0.5, 0.6) is 0 Å². The van der Waals surface area contributed by atoms with Crippen molar-refractivity contribution in [1.82, 2.24) is 5.32 Å². The zero-order valence-electron chi connectivity index (χ0n) is 12.7. The molecule has 0 unspecified atom stereocenters. The number of carboxylic acids is 1. The van der Waals surface area contributed by atoms with Gasteiger partial charge in [0.05, 0.1) is 12.8 Å². The zero-order chi connectivity index (χ0) is 15.5. The number of rotatable bonds is 6. The quantitative estimate of drug-likeness (QED) is 0.846. The summed E-state index contributed by atoms with van der Waals surface area (Å²) >= 11 is 0. The normalized spacial score (nSPS) is 16.1. The molecule has 2 N–H and O–H groups in total. The second kappa shape index (κ2) is 6.29. The maximum Gasteiger partial charge on any atom is 0.303 e. The Hall–Kier alpha value is -1.84. The molecular formula is C17H23NO3. The summed E-state index contributed by atoms with van der Waals surface area (Å²) in [5.41, 5.74) is 3.07. The van der Waals surface area contributed by atoms with Crippen molar-refractivity contribution in [2.24, 2.45) is 5.41 Å². The van der Waals surface area contributed by atoms with Gasteiger partial charge in [0.1, 0.15) is 0 Å². The monoisotopic (exact) mass is 289 g/mol. The fourth-order valence-corrected chi connectivity index (χ4v) is 2.93. The first-order valence-electron chi connectivity index (χ1n) is 7.45. The Morgan fingerprint density at radius 3 is 2.57 bits per heavy atom. The van der Waals surface area contributed by atoms with Crippen LogP contribution in [0.1, 0.15) is 42.4 Å². The molecule has 2 rings (SSSR count). The highest BCUT2D eigenvalue weighted by Crippen LogP contribution is 2.43. The van der Waals surface area contributed by atoms with Crippen molar-refractivity contribution in [2.45, 2.75) is 46.0 Å². The molecule has 0 aliphatic heterocycles. The Morgan fingerprint density at radius 1 is 1.29 bits per heavy atom. The summed E-state index contributed by atoms with van der Waals surface area (Å²) < 4.78 is 0. The van der Waals surface area contributed by atoms with Crippen molar-refractivity contribution in [2.75, 3.05) is 6.54 Å². The maximum atomic E-state index is 12.1. The molecule has 4 heteroatoms. The minimum absolute atomic E-state index is 0.0274. The first-order valence-corrected chi connectivity index (χ1v) is 7.45. The van der Waals surface area contributed by atoms with Gasteiger partial charge in [-0.25, -0.2) is 0 Å². The van der Waals surface area contributed by atoms with Crippen LogP contribution in [0.4, 0.5) is 0 Å². The fourth-order valence-electron chi connectivity index (χ4n) is 2.93. The maximum absolute atomic E-state index is 12.1. The molecule has 1 aromatic rings. The number of hydrogen-bond acceptors (Lipinski definition) is 2. The molecule has 21 heavy (non-hydrogen) atoms.